The van der Waals surface area contributed by atoms with Crippen molar-refractivity contribution in [3.63, 3.8) is 0 Å². The van der Waals surface area contributed by atoms with Crippen molar-refractivity contribution in [2.75, 3.05) is 38.3 Å². The van der Waals surface area contributed by atoms with Crippen LogP contribution in [0.25, 0.3) is 0 Å². The fourth-order valence-corrected chi connectivity index (χ4v) is 2.62. The third kappa shape index (κ3) is 3.03. The molecule has 0 spiro atoms. The van der Waals surface area contributed by atoms with E-state index in [1.165, 1.54) is 11.3 Å². The molecule has 2 rings (SSSR count). The molecule has 2 unspecified atom stereocenters. The van der Waals surface area contributed by atoms with Crippen molar-refractivity contribution in [2.24, 2.45) is 5.92 Å². The number of likely N-dealkylation sites (N-methyl/N-ethyl adjacent to an activating group) is 1. The first-order valence-electron chi connectivity index (χ1n) is 6.81. The first-order chi connectivity index (χ1) is 8.74. The van der Waals surface area contributed by atoms with Gasteiger partial charge in [-0.15, -0.1) is 0 Å². The first kappa shape index (κ1) is 13.4. The Hall–Kier alpha value is -1.06. The summed E-state index contributed by atoms with van der Waals surface area (Å²) in [4.78, 5) is 2.44. The molecule has 1 N–H and O–H groups in total. The molecule has 0 aromatic heterocycles. The van der Waals surface area contributed by atoms with Gasteiger partial charge in [0.15, 0.2) is 0 Å². The third-order valence-corrected chi connectivity index (χ3v) is 3.77. The molecule has 0 saturated carbocycles. The highest BCUT2D eigenvalue weighted by Crippen LogP contribution is 2.21. The summed E-state index contributed by atoms with van der Waals surface area (Å²) in [6.07, 6.45) is 0. The molecular weight excluding hydrogens is 224 g/mol. The molecule has 1 aliphatic rings. The number of nitrogens with zero attached hydrogens (tertiary/aromatic N) is 1. The second-order valence-corrected chi connectivity index (χ2v) is 5.07. The van der Waals surface area contributed by atoms with Gasteiger partial charge >= 0.3 is 0 Å². The number of nitrogens with one attached hydrogen (secondary N) is 1. The maximum absolute atomic E-state index is 5.58. The van der Waals surface area contributed by atoms with Gasteiger partial charge < -0.3 is 15.0 Å². The Morgan fingerprint density at radius 3 is 2.89 bits per heavy atom. The number of hydrogen-bond acceptors (Lipinski definition) is 3. The van der Waals surface area contributed by atoms with Gasteiger partial charge in [-0.1, -0.05) is 12.1 Å². The number of hydrogen-bond donors (Lipinski definition) is 1. The van der Waals surface area contributed by atoms with E-state index >= 15 is 0 Å². The van der Waals surface area contributed by atoms with Crippen molar-refractivity contribution in [3.8, 4) is 0 Å². The minimum Gasteiger partial charge on any atom is -0.379 e. The quantitative estimate of drug-likeness (QED) is 0.863. The fourth-order valence-electron chi connectivity index (χ4n) is 2.62. The maximum Gasteiger partial charge on any atom is 0.0623 e. The van der Waals surface area contributed by atoms with Crippen LogP contribution in [-0.2, 0) is 4.74 Å². The summed E-state index contributed by atoms with van der Waals surface area (Å²) in [6.45, 7) is 8.17. The molecule has 0 radical (unpaired) electrons. The molecule has 2 atom stereocenters. The topological polar surface area (TPSA) is 24.5 Å². The lowest BCUT2D eigenvalue weighted by Gasteiger charge is -2.28. The zero-order chi connectivity index (χ0) is 13.0. The lowest BCUT2D eigenvalue weighted by Crippen LogP contribution is -2.40. The Balaban J connectivity index is 2.05. The molecule has 0 aliphatic carbocycles. The van der Waals surface area contributed by atoms with Gasteiger partial charge in [-0.25, -0.2) is 0 Å². The highest BCUT2D eigenvalue weighted by Gasteiger charge is 2.28. The molecule has 1 aromatic carbocycles. The van der Waals surface area contributed by atoms with Gasteiger partial charge in [0.2, 0.25) is 0 Å². The highest BCUT2D eigenvalue weighted by atomic mass is 16.5. The molecular formula is C15H24N2O. The van der Waals surface area contributed by atoms with Crippen LogP contribution in [0.3, 0.4) is 0 Å². The van der Waals surface area contributed by atoms with E-state index < -0.39 is 0 Å². The molecule has 1 heterocycles. The Bertz CT molecular complexity index is 381. The second-order valence-electron chi connectivity index (χ2n) is 5.07. The average Bonchev–Trinajstić information content (AvgIpc) is 2.83. The Morgan fingerprint density at radius 1 is 1.39 bits per heavy atom. The van der Waals surface area contributed by atoms with Crippen LogP contribution in [-0.4, -0.2) is 39.4 Å². The van der Waals surface area contributed by atoms with Crippen LogP contribution in [0.1, 0.15) is 12.5 Å². The number of rotatable bonds is 5. The summed E-state index contributed by atoms with van der Waals surface area (Å²) >= 11 is 0. The van der Waals surface area contributed by atoms with E-state index in [9.17, 15) is 0 Å². The number of aryl methyl sites for hydroxylation is 1. The van der Waals surface area contributed by atoms with Crippen molar-refractivity contribution in [3.05, 3.63) is 29.8 Å². The predicted octanol–water partition coefficient (Wildman–Crippen LogP) is 2.06. The summed E-state index contributed by atoms with van der Waals surface area (Å²) < 4.78 is 5.58. The number of ether oxygens (including phenoxy) is 1. The lowest BCUT2D eigenvalue weighted by atomic mass is 10.0. The largest absolute Gasteiger partial charge is 0.379 e. The summed E-state index contributed by atoms with van der Waals surface area (Å²) in [5.74, 6) is 0.579. The van der Waals surface area contributed by atoms with Crippen LogP contribution in [0.4, 0.5) is 5.69 Å². The smallest absolute Gasteiger partial charge is 0.0623 e. The van der Waals surface area contributed by atoms with Crippen LogP contribution in [0.15, 0.2) is 24.3 Å². The van der Waals surface area contributed by atoms with E-state index in [0.717, 1.165) is 26.3 Å². The van der Waals surface area contributed by atoms with Crippen LogP contribution < -0.4 is 10.2 Å². The standard InChI is InChI=1S/C15H24N2O/c1-4-17(14-7-5-6-12(2)8-14)9-13-10-18-11-15(13)16-3/h5-8,13,15-16H,4,9-11H2,1-3H3. The van der Waals surface area contributed by atoms with Gasteiger partial charge in [0, 0.05) is 30.7 Å². The predicted molar refractivity (Wildman–Crippen MR) is 76.2 cm³/mol. The van der Waals surface area contributed by atoms with Gasteiger partial charge in [0.1, 0.15) is 0 Å². The van der Waals surface area contributed by atoms with Gasteiger partial charge in [-0.05, 0) is 38.6 Å². The molecule has 0 bridgehead atoms. The summed E-state index contributed by atoms with van der Waals surface area (Å²) in [5.41, 5.74) is 2.64. The van der Waals surface area contributed by atoms with E-state index in [0.29, 0.717) is 12.0 Å². The van der Waals surface area contributed by atoms with Gasteiger partial charge in [-0.2, -0.15) is 0 Å². The van der Waals surface area contributed by atoms with Crippen molar-refractivity contribution in [2.45, 2.75) is 19.9 Å². The zero-order valence-electron chi connectivity index (χ0n) is 11.6. The highest BCUT2D eigenvalue weighted by molar-refractivity contribution is 5.48. The lowest BCUT2D eigenvalue weighted by molar-refractivity contribution is 0.183. The third-order valence-electron chi connectivity index (χ3n) is 3.77. The SMILES string of the molecule is CCN(CC1COCC1NC)c1cccc(C)c1. The van der Waals surface area contributed by atoms with Crippen molar-refractivity contribution >= 4 is 5.69 Å². The van der Waals surface area contributed by atoms with E-state index in [4.69, 9.17) is 4.74 Å². The van der Waals surface area contributed by atoms with E-state index in [2.05, 4.69) is 48.3 Å². The van der Waals surface area contributed by atoms with Gasteiger partial charge in [-0.3, -0.25) is 0 Å². The van der Waals surface area contributed by atoms with E-state index in [-0.39, 0.29) is 0 Å². The first-order valence-corrected chi connectivity index (χ1v) is 6.81. The molecule has 0 amide bonds. The molecule has 3 heteroatoms. The van der Waals surface area contributed by atoms with Crippen molar-refractivity contribution < 1.29 is 4.74 Å². The normalized spacial score (nSPS) is 23.3. The van der Waals surface area contributed by atoms with Crippen LogP contribution in [0, 0.1) is 12.8 Å². The molecule has 1 aliphatic heterocycles. The monoisotopic (exact) mass is 248 g/mol. The zero-order valence-corrected chi connectivity index (χ0v) is 11.6. The molecule has 100 valence electrons. The fraction of sp³-hybridized carbons (Fsp3) is 0.600. The Kier molecular flexibility index (Phi) is 4.61. The summed E-state index contributed by atoms with van der Waals surface area (Å²) in [7, 11) is 2.02. The average molecular weight is 248 g/mol. The molecule has 1 aromatic rings. The minimum atomic E-state index is 0.490. The van der Waals surface area contributed by atoms with Crippen molar-refractivity contribution in [1.29, 1.82) is 0 Å². The molecule has 1 fully saturated rings. The van der Waals surface area contributed by atoms with E-state index in [1.54, 1.807) is 0 Å². The Morgan fingerprint density at radius 2 is 2.22 bits per heavy atom. The van der Waals surface area contributed by atoms with Crippen LogP contribution >= 0.6 is 0 Å². The van der Waals surface area contributed by atoms with Crippen molar-refractivity contribution in [1.82, 2.24) is 5.32 Å². The molecule has 3 nitrogen and oxygen atoms in total. The minimum absolute atomic E-state index is 0.490. The summed E-state index contributed by atoms with van der Waals surface area (Å²) in [6, 6.07) is 9.22. The van der Waals surface area contributed by atoms with Crippen LogP contribution in [0.5, 0.6) is 0 Å². The number of benzene rings is 1. The summed E-state index contributed by atoms with van der Waals surface area (Å²) in [5, 5.41) is 3.35. The van der Waals surface area contributed by atoms with Crippen LogP contribution in [0.2, 0.25) is 0 Å². The van der Waals surface area contributed by atoms with Gasteiger partial charge in [0.25, 0.3) is 0 Å². The van der Waals surface area contributed by atoms with Gasteiger partial charge in [0.05, 0.1) is 13.2 Å². The molecule has 1 saturated heterocycles. The Labute approximate surface area is 110 Å². The maximum atomic E-state index is 5.58. The van der Waals surface area contributed by atoms with E-state index in [1.807, 2.05) is 7.05 Å². The second kappa shape index (κ2) is 6.21. The molecule has 18 heavy (non-hydrogen) atoms. The number of anilines is 1.